The van der Waals surface area contributed by atoms with Gasteiger partial charge in [-0.1, -0.05) is 11.6 Å². The number of nitrogens with one attached hydrogen (secondary N) is 2. The maximum Gasteiger partial charge on any atom is 0.460 e. The molecule has 0 spiro atoms. The Morgan fingerprint density at radius 1 is 1.07 bits per heavy atom. The van der Waals surface area contributed by atoms with E-state index in [2.05, 4.69) is 36.1 Å². The number of carbonyl (C=O) groups excluding carboxylic acids is 2. The van der Waals surface area contributed by atoms with Gasteiger partial charge < -0.3 is 10.6 Å². The van der Waals surface area contributed by atoms with Crippen molar-refractivity contribution in [2.45, 2.75) is 31.5 Å². The topological polar surface area (TPSA) is 156 Å². The van der Waals surface area contributed by atoms with Crippen LogP contribution in [-0.4, -0.2) is 65.9 Å². The second-order valence-electron chi connectivity index (χ2n) is 8.89. The number of carbonyl (C=O) groups is 2. The summed E-state index contributed by atoms with van der Waals surface area (Å²) in [6.45, 7) is 0.783. The van der Waals surface area contributed by atoms with E-state index in [0.29, 0.717) is 5.56 Å². The summed E-state index contributed by atoms with van der Waals surface area (Å²) in [6, 6.07) is 8.48. The van der Waals surface area contributed by atoms with Crippen molar-refractivity contribution in [3.05, 3.63) is 75.5 Å². The summed E-state index contributed by atoms with van der Waals surface area (Å²) in [5.41, 5.74) is -0.0870. The maximum absolute atomic E-state index is 14.0. The first-order valence-electron chi connectivity index (χ1n) is 11.9. The van der Waals surface area contributed by atoms with Gasteiger partial charge in [-0.05, 0) is 48.0 Å². The lowest BCUT2D eigenvalue weighted by Gasteiger charge is -2.25. The van der Waals surface area contributed by atoms with E-state index in [-0.39, 0.29) is 43.8 Å². The van der Waals surface area contributed by atoms with E-state index in [0.717, 1.165) is 10.7 Å². The molecule has 3 heterocycles. The summed E-state index contributed by atoms with van der Waals surface area (Å²) in [5, 5.41) is 27.1. The zero-order chi connectivity index (χ0) is 32.6. The van der Waals surface area contributed by atoms with Gasteiger partial charge in [0.15, 0.2) is 5.82 Å². The van der Waals surface area contributed by atoms with Gasteiger partial charge in [0.1, 0.15) is 12.2 Å². The van der Waals surface area contributed by atoms with Gasteiger partial charge in [-0.3, -0.25) is 9.59 Å². The number of amides is 2. The first-order chi connectivity index (χ1) is 20.5. The molecule has 4 aromatic rings. The molecule has 12 nitrogen and oxygen atoms in total. The average Bonchev–Trinajstić information content (AvgIpc) is 3.61. The highest BCUT2D eigenvalue weighted by Crippen LogP contribution is 2.50. The molecule has 0 aliphatic heterocycles. The Balaban J connectivity index is 1.74. The van der Waals surface area contributed by atoms with E-state index in [9.17, 15) is 45.6 Å². The molecule has 0 bridgehead atoms. The van der Waals surface area contributed by atoms with Crippen LogP contribution in [0.15, 0.2) is 36.5 Å². The van der Waals surface area contributed by atoms with Gasteiger partial charge >= 0.3 is 18.0 Å². The van der Waals surface area contributed by atoms with Crippen LogP contribution in [0.5, 0.6) is 0 Å². The van der Waals surface area contributed by atoms with Crippen molar-refractivity contribution >= 4 is 29.1 Å². The van der Waals surface area contributed by atoms with Crippen molar-refractivity contribution in [1.82, 2.24) is 40.3 Å². The highest BCUT2D eigenvalue weighted by molar-refractivity contribution is 6.32. The van der Waals surface area contributed by atoms with Crippen molar-refractivity contribution in [1.29, 1.82) is 5.26 Å². The molecule has 2 N–H and O–H groups in total. The van der Waals surface area contributed by atoms with E-state index in [1.807, 2.05) is 6.07 Å². The van der Waals surface area contributed by atoms with Gasteiger partial charge in [-0.2, -0.15) is 45.9 Å². The van der Waals surface area contributed by atoms with Crippen LogP contribution in [0.4, 0.5) is 36.4 Å². The minimum absolute atomic E-state index is 0.00741. The van der Waals surface area contributed by atoms with Crippen LogP contribution in [0.25, 0.3) is 5.82 Å². The van der Waals surface area contributed by atoms with Crippen LogP contribution in [-0.2, 0) is 12.5 Å². The quantitative estimate of drug-likeness (QED) is 0.272. The molecule has 230 valence electrons. The third-order valence-corrected chi connectivity index (χ3v) is 6.19. The number of alkyl halides is 7. The first-order valence-corrected chi connectivity index (χ1v) is 12.3. The molecule has 44 heavy (non-hydrogen) atoms. The molecular weight excluding hydrogens is 629 g/mol. The molecule has 0 unspecified atom stereocenters. The van der Waals surface area contributed by atoms with Crippen LogP contribution >= 0.6 is 11.6 Å². The fourth-order valence-electron chi connectivity index (χ4n) is 3.77. The van der Waals surface area contributed by atoms with Gasteiger partial charge in [0.25, 0.3) is 17.6 Å². The Bertz CT molecular complexity index is 1800. The number of pyridine rings is 1. The maximum atomic E-state index is 14.0. The monoisotopic (exact) mass is 644 g/mol. The number of rotatable bonds is 8. The molecule has 20 heteroatoms. The lowest BCUT2D eigenvalue weighted by Crippen LogP contribution is -2.50. The fraction of sp³-hybridized carbons (Fsp3) is 0.250. The van der Waals surface area contributed by atoms with Crippen LogP contribution in [0.1, 0.15) is 43.5 Å². The Morgan fingerprint density at radius 2 is 1.77 bits per heavy atom. The molecule has 0 aliphatic carbocycles. The third-order valence-electron chi connectivity index (χ3n) is 5.89. The van der Waals surface area contributed by atoms with Gasteiger partial charge in [0.05, 0.1) is 33.6 Å². The van der Waals surface area contributed by atoms with E-state index in [1.54, 1.807) is 0 Å². The van der Waals surface area contributed by atoms with E-state index in [4.69, 9.17) is 11.6 Å². The van der Waals surface area contributed by atoms with Gasteiger partial charge in [0, 0.05) is 13.2 Å². The Labute approximate surface area is 246 Å². The minimum atomic E-state index is -6.62. The van der Waals surface area contributed by atoms with Crippen molar-refractivity contribution in [3.63, 3.8) is 0 Å². The number of benzene rings is 1. The third kappa shape index (κ3) is 5.75. The molecule has 0 radical (unpaired) electrons. The summed E-state index contributed by atoms with van der Waals surface area (Å²) in [6.07, 6.45) is -5.32. The number of nitrogens with zero attached hydrogens (tertiary/aromatic N) is 8. The summed E-state index contributed by atoms with van der Waals surface area (Å²) < 4.78 is 93.6. The van der Waals surface area contributed by atoms with E-state index in [1.165, 1.54) is 44.4 Å². The Kier molecular flexibility index (Phi) is 8.33. The van der Waals surface area contributed by atoms with Crippen LogP contribution < -0.4 is 10.6 Å². The standard InChI is InChI=1S/C24H16ClF7N10O2/c1-11-6-12(9-33)7-14(19(43)34-2)17(11)36-20(44)16-8-13(38-42(16)18-15(25)4-3-5-35-18)10-41-39-21(37-40-41)22(26,27)23(28,29)24(30,31)32/h3-8H,10H2,1-2H3,(H,34,43)(H,36,44). The van der Waals surface area contributed by atoms with Gasteiger partial charge in [-0.25, -0.2) is 9.67 Å². The smallest absolute Gasteiger partial charge is 0.355 e. The van der Waals surface area contributed by atoms with Gasteiger partial charge in [0.2, 0.25) is 0 Å². The number of aryl methyl sites for hydroxylation is 1. The average molecular weight is 645 g/mol. The highest BCUT2D eigenvalue weighted by Gasteiger charge is 2.75. The number of halogens is 8. The number of tetrazole rings is 1. The molecule has 0 atom stereocenters. The number of hydrogen-bond donors (Lipinski definition) is 2. The normalized spacial score (nSPS) is 12.1. The van der Waals surface area contributed by atoms with Crippen molar-refractivity contribution in [2.24, 2.45) is 0 Å². The number of aromatic nitrogens is 7. The van der Waals surface area contributed by atoms with Crippen molar-refractivity contribution in [2.75, 3.05) is 12.4 Å². The van der Waals surface area contributed by atoms with Crippen molar-refractivity contribution in [3.8, 4) is 11.9 Å². The lowest BCUT2D eigenvalue weighted by molar-refractivity contribution is -0.361. The largest absolute Gasteiger partial charge is 0.460 e. The number of anilines is 1. The van der Waals surface area contributed by atoms with Crippen molar-refractivity contribution < 1.29 is 40.3 Å². The highest BCUT2D eigenvalue weighted by atomic mass is 35.5. The predicted molar refractivity (Wildman–Crippen MR) is 135 cm³/mol. The fourth-order valence-corrected chi connectivity index (χ4v) is 3.97. The first kappa shape index (κ1) is 31.8. The SMILES string of the molecule is CNC(=O)c1cc(C#N)cc(C)c1NC(=O)c1cc(Cn2nnc(C(F)(F)C(F)(F)C(F)(F)F)n2)nn1-c1ncccc1Cl. The van der Waals surface area contributed by atoms with Crippen LogP contribution in [0.2, 0.25) is 5.02 Å². The minimum Gasteiger partial charge on any atom is -0.355 e. The molecule has 4 rings (SSSR count). The zero-order valence-electron chi connectivity index (χ0n) is 22.1. The number of nitriles is 1. The zero-order valence-corrected chi connectivity index (χ0v) is 22.8. The van der Waals surface area contributed by atoms with Crippen LogP contribution in [0, 0.1) is 18.3 Å². The molecular formula is C24H16ClF7N10O2. The molecule has 0 aliphatic rings. The summed E-state index contributed by atoms with van der Waals surface area (Å²) >= 11 is 6.22. The predicted octanol–water partition coefficient (Wildman–Crippen LogP) is 4.04. The molecule has 1 aromatic carbocycles. The van der Waals surface area contributed by atoms with E-state index >= 15 is 0 Å². The number of hydrogen-bond acceptors (Lipinski definition) is 8. The molecule has 0 fully saturated rings. The summed E-state index contributed by atoms with van der Waals surface area (Å²) in [7, 11) is 1.33. The second-order valence-corrected chi connectivity index (χ2v) is 9.30. The van der Waals surface area contributed by atoms with Gasteiger partial charge in [-0.15, -0.1) is 10.2 Å². The Morgan fingerprint density at radius 3 is 2.39 bits per heavy atom. The molecule has 0 saturated heterocycles. The van der Waals surface area contributed by atoms with Crippen LogP contribution in [0.3, 0.4) is 0 Å². The second kappa shape index (κ2) is 11.5. The Hall–Kier alpha value is -5.12. The summed E-state index contributed by atoms with van der Waals surface area (Å²) in [5.74, 6) is -16.2. The molecule has 0 saturated carbocycles. The lowest BCUT2D eigenvalue weighted by atomic mass is 10.0. The van der Waals surface area contributed by atoms with E-state index < -0.39 is 42.2 Å². The summed E-state index contributed by atoms with van der Waals surface area (Å²) in [4.78, 5) is 30.3. The molecule has 2 amide bonds. The molecule has 3 aromatic heterocycles.